The summed E-state index contributed by atoms with van der Waals surface area (Å²) >= 11 is 0. The van der Waals surface area contributed by atoms with E-state index in [-0.39, 0.29) is 0 Å². The Hall–Kier alpha value is -3.39. The maximum absolute atomic E-state index is 6.22. The number of pyridine rings is 1. The summed E-state index contributed by atoms with van der Waals surface area (Å²) in [6.07, 6.45) is 6.77. The van der Waals surface area contributed by atoms with Gasteiger partial charge in [-0.25, -0.2) is 0 Å². The van der Waals surface area contributed by atoms with Gasteiger partial charge in [-0.15, -0.1) is 0 Å². The average molecular weight is 375 g/mol. The minimum atomic E-state index is 0.929. The normalized spacial score (nSPS) is 13.7. The molecule has 0 saturated carbocycles. The van der Waals surface area contributed by atoms with Gasteiger partial charge in [0, 0.05) is 22.5 Å². The maximum Gasteiger partial charge on any atom is 0.136 e. The lowest BCUT2D eigenvalue weighted by Gasteiger charge is -2.18. The van der Waals surface area contributed by atoms with Crippen molar-refractivity contribution in [3.8, 4) is 22.4 Å². The van der Waals surface area contributed by atoms with Crippen LogP contribution in [0.4, 0.5) is 0 Å². The lowest BCUT2D eigenvalue weighted by molar-refractivity contribution is 0.669. The van der Waals surface area contributed by atoms with Crippen molar-refractivity contribution in [1.29, 1.82) is 0 Å². The molecule has 2 nitrogen and oxygen atoms in total. The van der Waals surface area contributed by atoms with Gasteiger partial charge in [0.25, 0.3) is 0 Å². The van der Waals surface area contributed by atoms with E-state index in [0.29, 0.717) is 0 Å². The van der Waals surface area contributed by atoms with Crippen LogP contribution in [0, 0.1) is 0 Å². The molecule has 2 aromatic heterocycles. The van der Waals surface area contributed by atoms with E-state index in [1.807, 2.05) is 12.3 Å². The number of hydrogen-bond acceptors (Lipinski definition) is 2. The summed E-state index contributed by atoms with van der Waals surface area (Å²) in [5.74, 6) is 0. The molecule has 1 aliphatic carbocycles. The lowest BCUT2D eigenvalue weighted by Crippen LogP contribution is -2.05. The number of hydrogen-bond donors (Lipinski definition) is 0. The first-order chi connectivity index (χ1) is 14.4. The Kier molecular flexibility index (Phi) is 3.76. The summed E-state index contributed by atoms with van der Waals surface area (Å²) in [6, 6.07) is 25.7. The van der Waals surface area contributed by atoms with E-state index < -0.39 is 0 Å². The molecule has 29 heavy (non-hydrogen) atoms. The average Bonchev–Trinajstić information content (AvgIpc) is 3.16. The van der Waals surface area contributed by atoms with Gasteiger partial charge in [0.05, 0.1) is 5.69 Å². The van der Waals surface area contributed by atoms with Crippen LogP contribution in [0.15, 0.2) is 83.4 Å². The Bertz CT molecular complexity index is 1350. The Morgan fingerprint density at radius 3 is 2.45 bits per heavy atom. The number of rotatable bonds is 2. The minimum absolute atomic E-state index is 0.929. The highest BCUT2D eigenvalue weighted by Crippen LogP contribution is 2.36. The fourth-order valence-corrected chi connectivity index (χ4v) is 4.65. The fourth-order valence-electron chi connectivity index (χ4n) is 4.65. The van der Waals surface area contributed by atoms with Crippen molar-refractivity contribution in [3.63, 3.8) is 0 Å². The molecule has 3 aromatic carbocycles. The molecular formula is C27H21NO. The van der Waals surface area contributed by atoms with E-state index in [9.17, 15) is 0 Å². The molecule has 0 N–H and O–H groups in total. The first-order valence-corrected chi connectivity index (χ1v) is 10.4. The van der Waals surface area contributed by atoms with Gasteiger partial charge in [0.15, 0.2) is 0 Å². The van der Waals surface area contributed by atoms with Crippen LogP contribution in [0.3, 0.4) is 0 Å². The second-order valence-electron chi connectivity index (χ2n) is 7.89. The molecule has 0 radical (unpaired) electrons. The summed E-state index contributed by atoms with van der Waals surface area (Å²) in [7, 11) is 0. The first-order valence-electron chi connectivity index (χ1n) is 10.4. The van der Waals surface area contributed by atoms with Crippen LogP contribution >= 0.6 is 0 Å². The van der Waals surface area contributed by atoms with Crippen LogP contribution in [0.25, 0.3) is 44.3 Å². The van der Waals surface area contributed by atoms with E-state index >= 15 is 0 Å². The number of aryl methyl sites for hydroxylation is 1. The van der Waals surface area contributed by atoms with Crippen molar-refractivity contribution in [2.75, 3.05) is 0 Å². The molecule has 0 amide bonds. The third-order valence-corrected chi connectivity index (χ3v) is 6.13. The topological polar surface area (TPSA) is 26.0 Å². The van der Waals surface area contributed by atoms with E-state index in [1.165, 1.54) is 41.5 Å². The van der Waals surface area contributed by atoms with Crippen molar-refractivity contribution in [2.45, 2.75) is 25.7 Å². The number of aromatic nitrogens is 1. The molecule has 0 unspecified atom stereocenters. The zero-order chi connectivity index (χ0) is 19.2. The Labute approximate surface area is 169 Å². The molecule has 6 rings (SSSR count). The predicted molar refractivity (Wildman–Crippen MR) is 119 cm³/mol. The van der Waals surface area contributed by atoms with Crippen LogP contribution in [0.2, 0.25) is 0 Å². The second-order valence-corrected chi connectivity index (χ2v) is 7.89. The van der Waals surface area contributed by atoms with Gasteiger partial charge in [0.2, 0.25) is 0 Å². The van der Waals surface area contributed by atoms with E-state index in [4.69, 9.17) is 9.40 Å². The molecule has 5 aromatic rings. The molecule has 140 valence electrons. The van der Waals surface area contributed by atoms with Crippen molar-refractivity contribution >= 4 is 21.9 Å². The lowest BCUT2D eigenvalue weighted by atomic mass is 9.89. The van der Waals surface area contributed by atoms with Crippen LogP contribution < -0.4 is 0 Å². The zero-order valence-electron chi connectivity index (χ0n) is 16.2. The summed E-state index contributed by atoms with van der Waals surface area (Å²) in [4.78, 5) is 4.74. The Morgan fingerprint density at radius 2 is 1.52 bits per heavy atom. The van der Waals surface area contributed by atoms with Crippen LogP contribution in [0.5, 0.6) is 0 Å². The largest absolute Gasteiger partial charge is 0.456 e. The molecular weight excluding hydrogens is 354 g/mol. The molecule has 0 spiro atoms. The summed E-state index contributed by atoms with van der Waals surface area (Å²) in [5.41, 5.74) is 9.44. The standard InChI is InChI=1S/C27H21NO/c1-2-6-18(7-3-1)20-11-13-25-24(16-20)23-12-10-21(17-26(23)29-25)27-22-9-5-4-8-19(22)14-15-28-27/h1-3,6-7,10-17H,4-5,8-9H2. The number of furan rings is 1. The van der Waals surface area contributed by atoms with Gasteiger partial charge in [-0.2, -0.15) is 0 Å². The van der Waals surface area contributed by atoms with Gasteiger partial charge < -0.3 is 4.42 Å². The quantitative estimate of drug-likeness (QED) is 0.326. The fraction of sp³-hybridized carbons (Fsp3) is 0.148. The van der Waals surface area contributed by atoms with Crippen molar-refractivity contribution in [3.05, 3.63) is 90.1 Å². The first kappa shape index (κ1) is 16.6. The monoisotopic (exact) mass is 375 g/mol. The van der Waals surface area contributed by atoms with Crippen LogP contribution in [-0.2, 0) is 12.8 Å². The van der Waals surface area contributed by atoms with Gasteiger partial charge >= 0.3 is 0 Å². The van der Waals surface area contributed by atoms with Crippen molar-refractivity contribution < 1.29 is 4.42 Å². The summed E-state index contributed by atoms with van der Waals surface area (Å²) in [5, 5.41) is 2.32. The van der Waals surface area contributed by atoms with Gasteiger partial charge in [-0.1, -0.05) is 42.5 Å². The minimum Gasteiger partial charge on any atom is -0.456 e. The zero-order valence-corrected chi connectivity index (χ0v) is 16.2. The second kappa shape index (κ2) is 6.59. The summed E-state index contributed by atoms with van der Waals surface area (Å²) < 4.78 is 6.22. The number of nitrogens with zero attached hydrogens (tertiary/aromatic N) is 1. The number of benzene rings is 3. The molecule has 0 fully saturated rings. The highest BCUT2D eigenvalue weighted by Gasteiger charge is 2.17. The van der Waals surface area contributed by atoms with Gasteiger partial charge in [0.1, 0.15) is 11.2 Å². The Morgan fingerprint density at radius 1 is 0.655 bits per heavy atom. The smallest absolute Gasteiger partial charge is 0.136 e. The van der Waals surface area contributed by atoms with Crippen molar-refractivity contribution in [2.24, 2.45) is 0 Å². The molecule has 1 aliphatic rings. The highest BCUT2D eigenvalue weighted by molar-refractivity contribution is 6.07. The van der Waals surface area contributed by atoms with Crippen molar-refractivity contribution in [1.82, 2.24) is 4.98 Å². The van der Waals surface area contributed by atoms with E-state index in [0.717, 1.165) is 39.6 Å². The van der Waals surface area contributed by atoms with Gasteiger partial charge in [-0.3, -0.25) is 4.98 Å². The summed E-state index contributed by atoms with van der Waals surface area (Å²) in [6.45, 7) is 0. The molecule has 2 heterocycles. The molecule has 0 saturated heterocycles. The highest BCUT2D eigenvalue weighted by atomic mass is 16.3. The van der Waals surface area contributed by atoms with E-state index in [1.54, 1.807) is 0 Å². The van der Waals surface area contributed by atoms with Crippen LogP contribution in [0.1, 0.15) is 24.0 Å². The van der Waals surface area contributed by atoms with Crippen LogP contribution in [-0.4, -0.2) is 4.98 Å². The maximum atomic E-state index is 6.22. The molecule has 0 aliphatic heterocycles. The van der Waals surface area contributed by atoms with E-state index in [2.05, 4.69) is 66.7 Å². The SMILES string of the molecule is c1ccc(-c2ccc3oc4cc(-c5nccc6c5CCCC6)ccc4c3c2)cc1. The van der Waals surface area contributed by atoms with Gasteiger partial charge in [-0.05, 0) is 78.3 Å². The molecule has 0 atom stereocenters. The predicted octanol–water partition coefficient (Wildman–Crippen LogP) is 7.19. The number of fused-ring (bicyclic) bond motifs is 4. The third-order valence-electron chi connectivity index (χ3n) is 6.13. The molecule has 2 heteroatoms. The third kappa shape index (κ3) is 2.75. The molecule has 0 bridgehead atoms. The Balaban J connectivity index is 1.50.